The molecular weight excluding hydrogens is 1160 g/mol. The maximum Gasteiger partial charge on any atom is 0.164 e. The largest absolute Gasteiger partial charge is 0.343 e. The molecule has 0 unspecified atom stereocenters. The van der Waals surface area contributed by atoms with Gasteiger partial charge in [-0.2, -0.15) is 0 Å². The maximum atomic E-state index is 5.43. The van der Waals surface area contributed by atoms with Gasteiger partial charge in [-0.3, -0.25) is 0 Å². The number of aryl methyl sites for hydroxylation is 1. The molecule has 0 saturated heterocycles. The number of hydrogen-bond donors (Lipinski definition) is 0. The van der Waals surface area contributed by atoms with Gasteiger partial charge in [-0.15, -0.1) is 0 Å². The maximum absolute atomic E-state index is 5.43. The molecule has 3 heterocycles. The third-order valence-electron chi connectivity index (χ3n) is 18.8. The number of rotatable bonds is 12. The van der Waals surface area contributed by atoms with E-state index in [2.05, 4.69) is 305 Å². The normalized spacial score (nSPS) is 12.2. The van der Waals surface area contributed by atoms with Crippen LogP contribution in [0.2, 0.25) is 0 Å². The first-order valence-electron chi connectivity index (χ1n) is 32.3. The van der Waals surface area contributed by atoms with Crippen molar-refractivity contribution in [3.63, 3.8) is 0 Å². The Hall–Kier alpha value is -12.3. The first kappa shape index (κ1) is 56.6. The average molecular weight is 1220 g/mol. The van der Waals surface area contributed by atoms with Crippen LogP contribution in [0.4, 0.5) is 0 Å². The average Bonchev–Trinajstić information content (AvgIpc) is 1.53. The molecule has 13 aromatic carbocycles. The fourth-order valence-electron chi connectivity index (χ4n) is 14.3. The second kappa shape index (κ2) is 23.4. The topological polar surface area (TPSA) is 82.3 Å². The molecule has 95 heavy (non-hydrogen) atoms. The Kier molecular flexibility index (Phi) is 14.0. The van der Waals surface area contributed by atoms with Crippen LogP contribution in [0.25, 0.3) is 168 Å². The highest BCUT2D eigenvalue weighted by atomic mass is 15.0. The van der Waals surface area contributed by atoms with Crippen molar-refractivity contribution in [2.24, 2.45) is 7.05 Å². The zero-order valence-electron chi connectivity index (χ0n) is 52.7. The van der Waals surface area contributed by atoms with E-state index in [4.69, 9.17) is 29.9 Å². The van der Waals surface area contributed by atoms with Gasteiger partial charge in [0.25, 0.3) is 0 Å². The van der Waals surface area contributed by atoms with Gasteiger partial charge in [-0.25, -0.2) is 29.9 Å². The summed E-state index contributed by atoms with van der Waals surface area (Å²) in [6.45, 7) is 4.77. The van der Waals surface area contributed by atoms with E-state index in [1.807, 2.05) is 36.4 Å². The summed E-state index contributed by atoms with van der Waals surface area (Å²) in [4.78, 5) is 32.0. The van der Waals surface area contributed by atoms with Crippen LogP contribution in [-0.2, 0) is 12.5 Å². The predicted molar refractivity (Wildman–Crippen MR) is 390 cm³/mol. The van der Waals surface area contributed by atoms with Crippen LogP contribution in [0.5, 0.6) is 0 Å². The second-order valence-corrected chi connectivity index (χ2v) is 25.1. The predicted octanol–water partition coefficient (Wildman–Crippen LogP) is 22.0. The van der Waals surface area contributed by atoms with Crippen LogP contribution in [0, 0.1) is 0 Å². The van der Waals surface area contributed by atoms with Crippen molar-refractivity contribution in [2.75, 3.05) is 0 Å². The first-order chi connectivity index (χ1) is 46.7. The Balaban J connectivity index is 0.835. The van der Waals surface area contributed by atoms with E-state index in [-0.39, 0.29) is 5.41 Å². The Morgan fingerprint density at radius 1 is 0.232 bits per heavy atom. The Morgan fingerprint density at radius 3 is 0.968 bits per heavy atom. The molecule has 0 atom stereocenters. The fourth-order valence-corrected chi connectivity index (χ4v) is 14.3. The van der Waals surface area contributed by atoms with Gasteiger partial charge in [0.2, 0.25) is 0 Å². The van der Waals surface area contributed by atoms with E-state index in [0.717, 1.165) is 111 Å². The van der Waals surface area contributed by atoms with Gasteiger partial charge in [-0.05, 0) is 132 Å². The van der Waals surface area contributed by atoms with Crippen molar-refractivity contribution in [2.45, 2.75) is 19.3 Å². The minimum Gasteiger partial charge on any atom is -0.343 e. The molecule has 0 amide bonds. The molecule has 7 heteroatoms. The van der Waals surface area contributed by atoms with Crippen LogP contribution in [-0.4, -0.2) is 34.5 Å². The summed E-state index contributed by atoms with van der Waals surface area (Å²) < 4.78 is 2.44. The Bertz CT molecular complexity index is 5500. The van der Waals surface area contributed by atoms with E-state index >= 15 is 0 Å². The minimum absolute atomic E-state index is 0.308. The van der Waals surface area contributed by atoms with Gasteiger partial charge >= 0.3 is 0 Å². The van der Waals surface area contributed by atoms with Gasteiger partial charge in [0, 0.05) is 67.7 Å². The zero-order chi connectivity index (χ0) is 63.6. The minimum atomic E-state index is -0.308. The molecule has 0 spiro atoms. The molecular formula is C88H61N7. The Labute approximate surface area is 552 Å². The molecule has 17 rings (SSSR count). The lowest BCUT2D eigenvalue weighted by atomic mass is 9.79. The van der Waals surface area contributed by atoms with Crippen LogP contribution in [0.3, 0.4) is 0 Å². The Morgan fingerprint density at radius 2 is 0.537 bits per heavy atom. The zero-order valence-corrected chi connectivity index (χ0v) is 52.7. The number of nitrogens with zero attached hydrogens (tertiary/aromatic N) is 7. The molecule has 0 fully saturated rings. The van der Waals surface area contributed by atoms with Crippen LogP contribution >= 0.6 is 0 Å². The van der Waals surface area contributed by atoms with Crippen LogP contribution in [0.1, 0.15) is 25.0 Å². The van der Waals surface area contributed by atoms with Gasteiger partial charge in [0.1, 0.15) is 0 Å². The molecule has 7 nitrogen and oxygen atoms in total. The molecule has 16 aromatic rings. The molecule has 0 saturated carbocycles. The van der Waals surface area contributed by atoms with E-state index in [1.165, 1.54) is 33.0 Å². The molecule has 0 N–H and O–H groups in total. The van der Waals surface area contributed by atoms with Crippen molar-refractivity contribution < 1.29 is 0 Å². The van der Waals surface area contributed by atoms with Crippen LogP contribution < -0.4 is 0 Å². The molecule has 1 aliphatic carbocycles. The summed E-state index contributed by atoms with van der Waals surface area (Å²) in [5, 5.41) is 2.42. The number of aromatic nitrogens is 7. The van der Waals surface area contributed by atoms with E-state index < -0.39 is 0 Å². The monoisotopic (exact) mass is 1220 g/mol. The third-order valence-corrected chi connectivity index (χ3v) is 18.8. The molecule has 1 aliphatic rings. The standard InChI is InChI=1S/C88H61N7/c1-88(2)77-46-23-22-43-73(77)76-55-75(63-40-25-42-65(48-63)85-90-83(61-37-20-9-21-38-61)92-87(94-85)71-53-68(58-31-14-6-15-32-58)50-69(54-71)59-33-16-7-17-34-59)81-78(79(76)88)74-45-26-44-72(80(74)95(81)3)62-39-24-41-64(47-62)84-89-82(60-35-18-8-19-36-60)91-86(93-84)70-51-66(56-27-10-4-11-28-56)49-67(52-70)57-29-12-5-13-30-57/h4-55H,1-3H3. The van der Waals surface area contributed by atoms with Crippen molar-refractivity contribution >= 4 is 21.8 Å². The lowest BCUT2D eigenvalue weighted by molar-refractivity contribution is 0.666. The highest BCUT2D eigenvalue weighted by molar-refractivity contribution is 6.20. The van der Waals surface area contributed by atoms with Crippen molar-refractivity contribution in [3.8, 4) is 146 Å². The van der Waals surface area contributed by atoms with Gasteiger partial charge in [-0.1, -0.05) is 275 Å². The smallest absolute Gasteiger partial charge is 0.164 e. The van der Waals surface area contributed by atoms with E-state index in [1.54, 1.807) is 0 Å². The summed E-state index contributed by atoms with van der Waals surface area (Å²) in [5.74, 6) is 3.57. The number of hydrogen-bond acceptors (Lipinski definition) is 6. The summed E-state index contributed by atoms with van der Waals surface area (Å²) in [6.07, 6.45) is 0. The molecule has 0 bridgehead atoms. The summed E-state index contributed by atoms with van der Waals surface area (Å²) in [6, 6.07) is 112. The lowest BCUT2D eigenvalue weighted by Crippen LogP contribution is -2.15. The van der Waals surface area contributed by atoms with Gasteiger partial charge < -0.3 is 4.57 Å². The van der Waals surface area contributed by atoms with Crippen molar-refractivity contribution in [1.29, 1.82) is 0 Å². The molecule has 3 aromatic heterocycles. The van der Waals surface area contributed by atoms with Gasteiger partial charge in [0.05, 0.1) is 11.0 Å². The fraction of sp³-hybridized carbons (Fsp3) is 0.0455. The van der Waals surface area contributed by atoms with E-state index in [9.17, 15) is 0 Å². The SMILES string of the molecule is Cn1c2c(-c3cccc(-c4nc(-c5ccccc5)nc(-c5cc(-c6ccccc6)cc(-c6ccccc6)c5)n4)c3)cccc2c2c3c(cc(-c4cccc(-c5nc(-c6ccccc6)nc(-c6cc(-c7ccccc7)cc(-c7ccccc7)c6)n5)c4)c21)-c1ccccc1C3(C)C. The number of para-hydroxylation sites is 1. The first-order valence-corrected chi connectivity index (χ1v) is 32.3. The summed E-state index contributed by atoms with van der Waals surface area (Å²) in [5.41, 5.74) is 25.6. The number of benzene rings is 13. The highest BCUT2D eigenvalue weighted by Crippen LogP contribution is 2.56. The number of fused-ring (bicyclic) bond motifs is 7. The summed E-state index contributed by atoms with van der Waals surface area (Å²) in [7, 11) is 2.24. The van der Waals surface area contributed by atoms with Crippen LogP contribution in [0.15, 0.2) is 315 Å². The van der Waals surface area contributed by atoms with Crippen molar-refractivity contribution in [3.05, 3.63) is 327 Å². The van der Waals surface area contributed by atoms with Crippen molar-refractivity contribution in [1.82, 2.24) is 34.5 Å². The molecule has 0 aliphatic heterocycles. The molecule has 0 radical (unpaired) electrons. The molecule has 448 valence electrons. The lowest BCUT2D eigenvalue weighted by Gasteiger charge is -2.23. The quantitative estimate of drug-likeness (QED) is 0.121. The van der Waals surface area contributed by atoms with E-state index in [0.29, 0.717) is 34.9 Å². The highest BCUT2D eigenvalue weighted by Gasteiger charge is 2.39. The van der Waals surface area contributed by atoms with Gasteiger partial charge in [0.15, 0.2) is 34.9 Å². The summed E-state index contributed by atoms with van der Waals surface area (Å²) >= 11 is 0. The third kappa shape index (κ3) is 10.3. The second-order valence-electron chi connectivity index (χ2n) is 25.1.